The Morgan fingerprint density at radius 3 is 2.62 bits per heavy atom. The zero-order valence-corrected chi connectivity index (χ0v) is 10.6. The van der Waals surface area contributed by atoms with Crippen LogP contribution < -0.4 is 0 Å². The standard InChI is InChI=1S/C15H24O/c1-10(2)12-5-7-15(4)8-6-14(16)11(3)13(15)9-12/h12-14,16H,1,3,5-9H2,2,4H3/t12-,13-,14+,15-/m1/s1. The molecule has 0 heterocycles. The van der Waals surface area contributed by atoms with Gasteiger partial charge in [-0.2, -0.15) is 0 Å². The number of aliphatic hydroxyl groups is 1. The van der Waals surface area contributed by atoms with Gasteiger partial charge in [-0.05, 0) is 61.9 Å². The Hall–Kier alpha value is -0.560. The van der Waals surface area contributed by atoms with Crippen LogP contribution in [0.15, 0.2) is 24.3 Å². The molecule has 1 nitrogen and oxygen atoms in total. The molecule has 0 unspecified atom stereocenters. The fourth-order valence-electron chi connectivity index (χ4n) is 3.59. The van der Waals surface area contributed by atoms with Crippen molar-refractivity contribution >= 4 is 0 Å². The quantitative estimate of drug-likeness (QED) is 0.668. The van der Waals surface area contributed by atoms with Gasteiger partial charge in [0.1, 0.15) is 0 Å². The van der Waals surface area contributed by atoms with Crippen LogP contribution in [0.25, 0.3) is 0 Å². The van der Waals surface area contributed by atoms with Crippen LogP contribution in [-0.2, 0) is 0 Å². The van der Waals surface area contributed by atoms with Crippen molar-refractivity contribution in [2.75, 3.05) is 0 Å². The topological polar surface area (TPSA) is 20.2 Å². The van der Waals surface area contributed by atoms with Crippen LogP contribution in [0.5, 0.6) is 0 Å². The summed E-state index contributed by atoms with van der Waals surface area (Å²) in [6.45, 7) is 12.7. The van der Waals surface area contributed by atoms with E-state index in [-0.39, 0.29) is 6.10 Å². The Morgan fingerprint density at radius 2 is 2.00 bits per heavy atom. The molecular weight excluding hydrogens is 196 g/mol. The molecular formula is C15H24O. The average Bonchev–Trinajstić information content (AvgIpc) is 2.24. The largest absolute Gasteiger partial charge is 0.389 e. The normalized spacial score (nSPS) is 43.9. The third-order valence-corrected chi connectivity index (χ3v) is 4.99. The molecule has 0 amide bonds. The van der Waals surface area contributed by atoms with Gasteiger partial charge in [0, 0.05) is 0 Å². The van der Waals surface area contributed by atoms with E-state index in [1.807, 2.05) is 0 Å². The van der Waals surface area contributed by atoms with Crippen molar-refractivity contribution in [1.29, 1.82) is 0 Å². The van der Waals surface area contributed by atoms with E-state index in [1.165, 1.54) is 18.4 Å². The molecule has 2 aliphatic carbocycles. The predicted molar refractivity (Wildman–Crippen MR) is 68.1 cm³/mol. The van der Waals surface area contributed by atoms with Crippen molar-refractivity contribution in [3.63, 3.8) is 0 Å². The highest BCUT2D eigenvalue weighted by Crippen LogP contribution is 2.54. The molecule has 2 rings (SSSR count). The van der Waals surface area contributed by atoms with E-state index >= 15 is 0 Å². The molecule has 0 saturated heterocycles. The van der Waals surface area contributed by atoms with E-state index < -0.39 is 0 Å². The van der Waals surface area contributed by atoms with E-state index in [0.717, 1.165) is 24.8 Å². The average molecular weight is 220 g/mol. The van der Waals surface area contributed by atoms with Gasteiger partial charge in [-0.3, -0.25) is 0 Å². The summed E-state index contributed by atoms with van der Waals surface area (Å²) in [7, 11) is 0. The van der Waals surface area contributed by atoms with Crippen LogP contribution in [0.2, 0.25) is 0 Å². The first kappa shape index (κ1) is 11.9. The van der Waals surface area contributed by atoms with Gasteiger partial charge < -0.3 is 5.11 Å². The Morgan fingerprint density at radius 1 is 1.38 bits per heavy atom. The number of hydrogen-bond donors (Lipinski definition) is 1. The lowest BCUT2D eigenvalue weighted by Gasteiger charge is -2.50. The summed E-state index contributed by atoms with van der Waals surface area (Å²) in [6, 6.07) is 0. The maximum atomic E-state index is 9.93. The van der Waals surface area contributed by atoms with Gasteiger partial charge in [-0.15, -0.1) is 0 Å². The Balaban J connectivity index is 2.19. The Kier molecular flexibility index (Phi) is 3.00. The van der Waals surface area contributed by atoms with Crippen LogP contribution in [0.1, 0.15) is 46.0 Å². The minimum absolute atomic E-state index is 0.262. The minimum atomic E-state index is -0.262. The Bertz CT molecular complexity index is 317. The predicted octanol–water partition coefficient (Wildman–Crippen LogP) is 3.70. The van der Waals surface area contributed by atoms with Crippen LogP contribution in [0.3, 0.4) is 0 Å². The van der Waals surface area contributed by atoms with Gasteiger partial charge >= 0.3 is 0 Å². The van der Waals surface area contributed by atoms with Crippen LogP contribution >= 0.6 is 0 Å². The van der Waals surface area contributed by atoms with Gasteiger partial charge in [0.25, 0.3) is 0 Å². The summed E-state index contributed by atoms with van der Waals surface area (Å²) in [4.78, 5) is 0. The van der Waals surface area contributed by atoms with Gasteiger partial charge in [-0.25, -0.2) is 0 Å². The molecule has 0 radical (unpaired) electrons. The number of hydrogen-bond acceptors (Lipinski definition) is 1. The van der Waals surface area contributed by atoms with Gasteiger partial charge in [0.15, 0.2) is 0 Å². The smallest absolute Gasteiger partial charge is 0.0750 e. The zero-order valence-electron chi connectivity index (χ0n) is 10.6. The second-order valence-corrected chi connectivity index (χ2v) is 6.15. The second-order valence-electron chi connectivity index (χ2n) is 6.15. The van der Waals surface area contributed by atoms with Crippen molar-refractivity contribution in [3.8, 4) is 0 Å². The number of rotatable bonds is 1. The number of aliphatic hydroxyl groups excluding tert-OH is 1. The molecule has 0 aromatic carbocycles. The molecule has 2 saturated carbocycles. The maximum absolute atomic E-state index is 9.93. The van der Waals surface area contributed by atoms with E-state index in [1.54, 1.807) is 0 Å². The third kappa shape index (κ3) is 1.86. The summed E-state index contributed by atoms with van der Waals surface area (Å²) >= 11 is 0. The summed E-state index contributed by atoms with van der Waals surface area (Å²) in [5, 5.41) is 9.93. The molecule has 0 aromatic heterocycles. The lowest BCUT2D eigenvalue weighted by Crippen LogP contribution is -2.42. The summed E-state index contributed by atoms with van der Waals surface area (Å²) in [6.07, 6.45) is 5.49. The Labute approximate surface area is 99.3 Å². The zero-order chi connectivity index (χ0) is 11.9. The van der Waals surface area contributed by atoms with Gasteiger partial charge in [0.05, 0.1) is 6.10 Å². The molecule has 2 aliphatic rings. The van der Waals surface area contributed by atoms with Crippen molar-refractivity contribution in [1.82, 2.24) is 0 Å². The number of fused-ring (bicyclic) bond motifs is 1. The number of allylic oxidation sites excluding steroid dienone is 1. The van der Waals surface area contributed by atoms with E-state index in [9.17, 15) is 5.11 Å². The van der Waals surface area contributed by atoms with Gasteiger partial charge in [0.2, 0.25) is 0 Å². The fraction of sp³-hybridized carbons (Fsp3) is 0.733. The minimum Gasteiger partial charge on any atom is -0.389 e. The van der Waals surface area contributed by atoms with Gasteiger partial charge in [-0.1, -0.05) is 25.7 Å². The SMILES string of the molecule is C=C(C)[C@@H]1CC[C@]2(C)CC[C@H](O)C(=C)[C@H]2C1. The third-order valence-electron chi connectivity index (χ3n) is 4.99. The summed E-state index contributed by atoms with van der Waals surface area (Å²) in [5.74, 6) is 1.15. The summed E-state index contributed by atoms with van der Waals surface area (Å²) < 4.78 is 0. The lowest BCUT2D eigenvalue weighted by molar-refractivity contribution is 0.0318. The maximum Gasteiger partial charge on any atom is 0.0750 e. The van der Waals surface area contributed by atoms with Crippen LogP contribution in [0, 0.1) is 17.3 Å². The van der Waals surface area contributed by atoms with Crippen molar-refractivity contribution in [2.45, 2.75) is 52.1 Å². The first-order valence-electron chi connectivity index (χ1n) is 6.46. The highest BCUT2D eigenvalue weighted by molar-refractivity contribution is 5.18. The molecule has 1 heteroatoms. The van der Waals surface area contributed by atoms with E-state index in [0.29, 0.717) is 17.3 Å². The van der Waals surface area contributed by atoms with Crippen LogP contribution in [-0.4, -0.2) is 11.2 Å². The molecule has 0 spiro atoms. The van der Waals surface area contributed by atoms with Crippen LogP contribution in [0.4, 0.5) is 0 Å². The second kappa shape index (κ2) is 4.03. The molecule has 0 aromatic rings. The molecule has 0 aliphatic heterocycles. The highest BCUT2D eigenvalue weighted by atomic mass is 16.3. The van der Waals surface area contributed by atoms with Crippen molar-refractivity contribution < 1.29 is 5.11 Å². The first-order chi connectivity index (χ1) is 7.44. The molecule has 90 valence electrons. The summed E-state index contributed by atoms with van der Waals surface area (Å²) in [5.41, 5.74) is 2.78. The fourth-order valence-corrected chi connectivity index (χ4v) is 3.59. The molecule has 1 N–H and O–H groups in total. The highest BCUT2D eigenvalue weighted by Gasteiger charge is 2.45. The lowest BCUT2D eigenvalue weighted by atomic mass is 9.56. The monoisotopic (exact) mass is 220 g/mol. The molecule has 16 heavy (non-hydrogen) atoms. The molecule has 2 fully saturated rings. The van der Waals surface area contributed by atoms with Crippen molar-refractivity contribution in [2.24, 2.45) is 17.3 Å². The van der Waals surface area contributed by atoms with E-state index in [2.05, 4.69) is 27.0 Å². The molecule has 0 bridgehead atoms. The van der Waals surface area contributed by atoms with Crippen molar-refractivity contribution in [3.05, 3.63) is 24.3 Å². The van der Waals surface area contributed by atoms with E-state index in [4.69, 9.17) is 0 Å². The first-order valence-corrected chi connectivity index (χ1v) is 6.46. The molecule has 4 atom stereocenters.